The van der Waals surface area contributed by atoms with Crippen molar-refractivity contribution in [1.29, 1.82) is 0 Å². The highest BCUT2D eigenvalue weighted by molar-refractivity contribution is 7.86. The molecule has 7 nitrogen and oxygen atoms in total. The van der Waals surface area contributed by atoms with Crippen LogP contribution in [0.1, 0.15) is 38.5 Å². The molecule has 0 aromatic rings. The van der Waals surface area contributed by atoms with E-state index < -0.39 is 10.2 Å². The number of nitrogens with one attached hydrogen (secondary N) is 1. The monoisotopic (exact) mass is 319 g/mol. The second-order valence-electron chi connectivity index (χ2n) is 6.13. The molecule has 0 radical (unpaired) electrons. The van der Waals surface area contributed by atoms with E-state index in [2.05, 4.69) is 5.32 Å². The normalized spacial score (nSPS) is 29.2. The van der Waals surface area contributed by atoms with Crippen LogP contribution in [0.15, 0.2) is 0 Å². The number of rotatable bonds is 4. The number of hydrogen-bond donors (Lipinski definition) is 3. The molecule has 1 heterocycles. The second-order valence-corrected chi connectivity index (χ2v) is 7.67. The molecule has 1 amide bonds. The lowest BCUT2D eigenvalue weighted by molar-refractivity contribution is -0.127. The summed E-state index contributed by atoms with van der Waals surface area (Å²) in [5.74, 6) is 0.270. The molecule has 0 aromatic heterocycles. The first-order valence-corrected chi connectivity index (χ1v) is 9.09. The summed E-state index contributed by atoms with van der Waals surface area (Å²) in [7, 11) is -3.63. The Hall–Kier alpha value is -0.700. The summed E-state index contributed by atoms with van der Waals surface area (Å²) in [5, 5.41) is 17.3. The molecule has 1 aliphatic heterocycles. The average Bonchev–Trinajstić information content (AvgIpc) is 2.47. The van der Waals surface area contributed by atoms with E-state index >= 15 is 0 Å². The van der Waals surface area contributed by atoms with Crippen LogP contribution in [-0.2, 0) is 15.0 Å². The van der Waals surface area contributed by atoms with Gasteiger partial charge in [-0.05, 0) is 44.4 Å². The van der Waals surface area contributed by atoms with Crippen LogP contribution < -0.4 is 10.5 Å². The SMILES string of the molecule is NS(=O)(=O)N1CCC(C(=O)NC2CCC(CO)CC2)CC1. The third-order valence-electron chi connectivity index (χ3n) is 4.64. The topological polar surface area (TPSA) is 113 Å². The lowest BCUT2D eigenvalue weighted by Crippen LogP contribution is -2.47. The van der Waals surface area contributed by atoms with Crippen molar-refractivity contribution in [1.82, 2.24) is 9.62 Å². The highest BCUT2D eigenvalue weighted by Gasteiger charge is 2.31. The molecule has 2 rings (SSSR count). The molecule has 0 atom stereocenters. The minimum atomic E-state index is -3.63. The van der Waals surface area contributed by atoms with Crippen molar-refractivity contribution in [3.8, 4) is 0 Å². The predicted molar refractivity (Wildman–Crippen MR) is 78.4 cm³/mol. The van der Waals surface area contributed by atoms with E-state index in [1.54, 1.807) is 0 Å². The first-order chi connectivity index (χ1) is 9.90. The standard InChI is InChI=1S/C13H25N3O4S/c14-21(19,20)16-7-5-11(6-8-16)13(18)15-12-3-1-10(9-17)2-4-12/h10-12,17H,1-9H2,(H,15,18)(H2,14,19,20). The van der Waals surface area contributed by atoms with Crippen molar-refractivity contribution in [3.05, 3.63) is 0 Å². The zero-order valence-electron chi connectivity index (χ0n) is 12.2. The summed E-state index contributed by atoms with van der Waals surface area (Å²) in [6.07, 6.45) is 4.76. The van der Waals surface area contributed by atoms with Crippen LogP contribution in [0, 0.1) is 11.8 Å². The van der Waals surface area contributed by atoms with Gasteiger partial charge >= 0.3 is 0 Å². The fraction of sp³-hybridized carbons (Fsp3) is 0.923. The van der Waals surface area contributed by atoms with E-state index in [1.165, 1.54) is 4.31 Å². The van der Waals surface area contributed by atoms with Crippen LogP contribution in [0.3, 0.4) is 0 Å². The summed E-state index contributed by atoms with van der Waals surface area (Å²) in [6, 6.07) is 0.191. The van der Waals surface area contributed by atoms with Gasteiger partial charge in [0.2, 0.25) is 5.91 Å². The quantitative estimate of drug-likeness (QED) is 0.652. The van der Waals surface area contributed by atoms with Gasteiger partial charge in [-0.3, -0.25) is 4.79 Å². The number of amides is 1. The highest BCUT2D eigenvalue weighted by Crippen LogP contribution is 2.25. The molecular weight excluding hydrogens is 294 g/mol. The number of carbonyl (C=O) groups is 1. The Balaban J connectivity index is 1.75. The summed E-state index contributed by atoms with van der Waals surface area (Å²) in [6.45, 7) is 0.856. The van der Waals surface area contributed by atoms with Crippen molar-refractivity contribution >= 4 is 16.1 Å². The summed E-state index contributed by atoms with van der Waals surface area (Å²) in [4.78, 5) is 12.2. The van der Waals surface area contributed by atoms with Gasteiger partial charge in [0.25, 0.3) is 10.2 Å². The number of aliphatic hydroxyl groups is 1. The maximum atomic E-state index is 12.2. The lowest BCUT2D eigenvalue weighted by Gasteiger charge is -2.32. The molecule has 2 aliphatic rings. The molecule has 0 aromatic carbocycles. The van der Waals surface area contributed by atoms with E-state index in [0.29, 0.717) is 31.8 Å². The number of aliphatic hydroxyl groups excluding tert-OH is 1. The van der Waals surface area contributed by atoms with Crippen LogP contribution in [0.25, 0.3) is 0 Å². The molecule has 4 N–H and O–H groups in total. The molecule has 0 bridgehead atoms. The highest BCUT2D eigenvalue weighted by atomic mass is 32.2. The number of hydrogen-bond acceptors (Lipinski definition) is 4. The van der Waals surface area contributed by atoms with Gasteiger partial charge in [0, 0.05) is 31.7 Å². The summed E-state index contributed by atoms with van der Waals surface area (Å²) in [5.41, 5.74) is 0. The van der Waals surface area contributed by atoms with Crippen LogP contribution in [0.5, 0.6) is 0 Å². The smallest absolute Gasteiger partial charge is 0.276 e. The van der Waals surface area contributed by atoms with Gasteiger partial charge in [-0.25, -0.2) is 5.14 Å². The predicted octanol–water partition coefficient (Wildman–Crippen LogP) is -0.431. The van der Waals surface area contributed by atoms with Gasteiger partial charge in [-0.1, -0.05) is 0 Å². The van der Waals surface area contributed by atoms with Crippen molar-refractivity contribution in [2.75, 3.05) is 19.7 Å². The van der Waals surface area contributed by atoms with E-state index in [9.17, 15) is 13.2 Å². The fourth-order valence-electron chi connectivity index (χ4n) is 3.18. The molecule has 1 saturated heterocycles. The first-order valence-electron chi connectivity index (χ1n) is 7.59. The van der Waals surface area contributed by atoms with Crippen molar-refractivity contribution in [2.45, 2.75) is 44.6 Å². The van der Waals surface area contributed by atoms with Crippen molar-refractivity contribution in [2.24, 2.45) is 17.0 Å². The zero-order valence-corrected chi connectivity index (χ0v) is 13.0. The van der Waals surface area contributed by atoms with Gasteiger partial charge in [-0.2, -0.15) is 12.7 Å². The molecule has 0 spiro atoms. The van der Waals surface area contributed by atoms with Gasteiger partial charge in [0.1, 0.15) is 0 Å². The van der Waals surface area contributed by atoms with Crippen molar-refractivity contribution in [3.63, 3.8) is 0 Å². The van der Waals surface area contributed by atoms with Gasteiger partial charge < -0.3 is 10.4 Å². The Bertz CT molecular complexity index is 452. The minimum absolute atomic E-state index is 0.0246. The Labute approximate surface area is 126 Å². The van der Waals surface area contributed by atoms with E-state index in [-0.39, 0.29) is 24.5 Å². The van der Waals surface area contributed by atoms with E-state index in [4.69, 9.17) is 10.2 Å². The second kappa shape index (κ2) is 7.04. The third kappa shape index (κ3) is 4.64. The molecule has 0 unspecified atom stereocenters. The molecule has 1 saturated carbocycles. The minimum Gasteiger partial charge on any atom is -0.396 e. The van der Waals surface area contributed by atoms with E-state index in [1.807, 2.05) is 0 Å². The fourth-order valence-corrected chi connectivity index (χ4v) is 3.90. The Kier molecular flexibility index (Phi) is 5.59. The third-order valence-corrected chi connectivity index (χ3v) is 5.72. The van der Waals surface area contributed by atoms with Crippen LogP contribution >= 0.6 is 0 Å². The van der Waals surface area contributed by atoms with Crippen LogP contribution in [0.2, 0.25) is 0 Å². The number of nitrogens with two attached hydrogens (primary N) is 1. The maximum absolute atomic E-state index is 12.2. The maximum Gasteiger partial charge on any atom is 0.276 e. The van der Waals surface area contributed by atoms with E-state index in [0.717, 1.165) is 25.7 Å². The van der Waals surface area contributed by atoms with Gasteiger partial charge in [-0.15, -0.1) is 0 Å². The molecule has 1 aliphatic carbocycles. The summed E-state index contributed by atoms with van der Waals surface area (Å²) >= 11 is 0. The molecule has 21 heavy (non-hydrogen) atoms. The molecular formula is C13H25N3O4S. The number of nitrogens with zero attached hydrogens (tertiary/aromatic N) is 1. The molecule has 8 heteroatoms. The van der Waals surface area contributed by atoms with Gasteiger partial charge in [0.15, 0.2) is 0 Å². The Morgan fingerprint density at radius 1 is 1.14 bits per heavy atom. The van der Waals surface area contributed by atoms with Crippen LogP contribution in [0.4, 0.5) is 0 Å². The average molecular weight is 319 g/mol. The first kappa shape index (κ1) is 16.7. The summed E-state index contributed by atoms with van der Waals surface area (Å²) < 4.78 is 23.7. The van der Waals surface area contributed by atoms with Crippen molar-refractivity contribution < 1.29 is 18.3 Å². The number of piperidine rings is 1. The lowest BCUT2D eigenvalue weighted by atomic mass is 9.86. The molecule has 122 valence electrons. The van der Waals surface area contributed by atoms with Crippen LogP contribution in [-0.4, -0.2) is 49.5 Å². The Morgan fingerprint density at radius 3 is 2.19 bits per heavy atom. The Morgan fingerprint density at radius 2 is 1.71 bits per heavy atom. The zero-order chi connectivity index (χ0) is 15.5. The largest absolute Gasteiger partial charge is 0.396 e. The van der Waals surface area contributed by atoms with Gasteiger partial charge in [0.05, 0.1) is 0 Å². The molecule has 2 fully saturated rings. The number of carbonyl (C=O) groups excluding carboxylic acids is 1.